The number of ether oxygens (including phenoxy) is 1. The first-order valence-electron chi connectivity index (χ1n) is 22.9. The first-order chi connectivity index (χ1) is 28.5. The number of aliphatic hydroxyl groups is 2. The number of nitrogens with one attached hydrogen (secondary N) is 1. The van der Waals surface area contributed by atoms with Crippen molar-refractivity contribution < 1.29 is 24.5 Å². The van der Waals surface area contributed by atoms with Gasteiger partial charge in [0, 0.05) is 6.42 Å². The van der Waals surface area contributed by atoms with Crippen molar-refractivity contribution in [3.05, 3.63) is 122 Å². The van der Waals surface area contributed by atoms with Gasteiger partial charge < -0.3 is 20.3 Å². The molecule has 58 heavy (non-hydrogen) atoms. The maximum absolute atomic E-state index is 13.1. The van der Waals surface area contributed by atoms with Gasteiger partial charge in [-0.1, -0.05) is 219 Å². The third kappa shape index (κ3) is 39.1. The lowest BCUT2D eigenvalue weighted by Crippen LogP contribution is -2.46. The second-order valence-electron chi connectivity index (χ2n) is 14.9. The quantitative estimate of drug-likeness (QED) is 0.0328. The Kier molecular flexibility index (Phi) is 41.5. The number of allylic oxidation sites excluding steroid dienone is 20. The average molecular weight is 802 g/mol. The van der Waals surface area contributed by atoms with E-state index in [2.05, 4.69) is 50.4 Å². The van der Waals surface area contributed by atoms with Gasteiger partial charge in [0.1, 0.15) is 6.10 Å². The zero-order valence-corrected chi connectivity index (χ0v) is 36.9. The van der Waals surface area contributed by atoms with Gasteiger partial charge >= 0.3 is 5.97 Å². The fourth-order valence-electron chi connectivity index (χ4n) is 6.12. The van der Waals surface area contributed by atoms with Crippen LogP contribution in [0.3, 0.4) is 0 Å². The Morgan fingerprint density at radius 2 is 0.948 bits per heavy atom. The fraction of sp³-hybridized carbons (Fsp3) is 0.577. The van der Waals surface area contributed by atoms with Gasteiger partial charge in [0.05, 0.1) is 25.2 Å². The normalized spacial score (nSPS) is 14.5. The van der Waals surface area contributed by atoms with Crippen molar-refractivity contribution in [2.45, 2.75) is 187 Å². The number of carbonyl (C=O) groups excluding carboxylic acids is 2. The van der Waals surface area contributed by atoms with E-state index in [0.29, 0.717) is 19.3 Å². The smallest absolute Gasteiger partial charge is 0.306 e. The number of carbonyl (C=O) groups is 2. The zero-order valence-electron chi connectivity index (χ0n) is 36.9. The zero-order chi connectivity index (χ0) is 42.4. The van der Waals surface area contributed by atoms with Crippen molar-refractivity contribution >= 4 is 11.9 Å². The summed E-state index contributed by atoms with van der Waals surface area (Å²) < 4.78 is 5.84. The summed E-state index contributed by atoms with van der Waals surface area (Å²) >= 11 is 0. The molecule has 3 unspecified atom stereocenters. The molecule has 3 atom stereocenters. The van der Waals surface area contributed by atoms with E-state index in [1.54, 1.807) is 0 Å². The minimum absolute atomic E-state index is 0.00454. The highest BCUT2D eigenvalue weighted by Gasteiger charge is 2.23. The number of hydrogen-bond acceptors (Lipinski definition) is 5. The second kappa shape index (κ2) is 44.4. The molecule has 6 heteroatoms. The molecule has 0 bridgehead atoms. The SMILES string of the molecule is CC\C=C/C=C/C=C/C=C\C=C\C=C\CCCCCC(=O)OC(CCC\C=C/C=C\C=C\C=C\CC)CC(=O)NC(CO)C(O)CCCCCCCCCCCCC. The van der Waals surface area contributed by atoms with Gasteiger partial charge in [0.25, 0.3) is 0 Å². The molecular formula is C52H83NO5. The van der Waals surface area contributed by atoms with Gasteiger partial charge in [-0.2, -0.15) is 0 Å². The Bertz CT molecular complexity index is 1260. The third-order valence-electron chi connectivity index (χ3n) is 9.54. The molecule has 0 aromatic heterocycles. The molecule has 0 aliphatic rings. The molecule has 0 saturated heterocycles. The van der Waals surface area contributed by atoms with Crippen molar-refractivity contribution in [2.75, 3.05) is 6.61 Å². The first-order valence-corrected chi connectivity index (χ1v) is 22.9. The highest BCUT2D eigenvalue weighted by atomic mass is 16.5. The highest BCUT2D eigenvalue weighted by molar-refractivity contribution is 5.77. The Hall–Kier alpha value is -3.74. The van der Waals surface area contributed by atoms with E-state index in [-0.39, 0.29) is 24.9 Å². The standard InChI is InChI=1S/C52H83NO5/c1-4-7-10-13-16-19-22-23-24-25-26-27-30-33-36-39-42-45-52(57)58-48(43-40-37-34-31-28-20-17-14-11-8-5-2)46-51(56)53-49(47-54)50(55)44-41-38-35-32-29-21-18-15-12-9-6-3/h7-8,10-11,13-14,16-17,19-20,22-28,30-31,34,48-50,54-55H,4-6,9,12,15,18,21,29,32-33,35-47H2,1-3H3,(H,53,56)/b10-7-,11-8+,16-13+,17-14+,22-19+,24-23-,26-25+,28-20-,30-27+,34-31-. The molecule has 0 spiro atoms. The first kappa shape index (κ1) is 54.3. The van der Waals surface area contributed by atoms with Crippen LogP contribution in [0.15, 0.2) is 122 Å². The summed E-state index contributed by atoms with van der Waals surface area (Å²) in [7, 11) is 0. The molecule has 0 radical (unpaired) electrons. The Labute approximate surface area is 355 Å². The molecule has 0 aliphatic carbocycles. The van der Waals surface area contributed by atoms with Gasteiger partial charge in [0.15, 0.2) is 0 Å². The average Bonchev–Trinajstić information content (AvgIpc) is 3.22. The number of unbranched alkanes of at least 4 members (excludes halogenated alkanes) is 14. The largest absolute Gasteiger partial charge is 0.462 e. The summed E-state index contributed by atoms with van der Waals surface area (Å²) in [5.74, 6) is -0.611. The lowest BCUT2D eigenvalue weighted by Gasteiger charge is -2.24. The van der Waals surface area contributed by atoms with Crippen molar-refractivity contribution in [2.24, 2.45) is 0 Å². The van der Waals surface area contributed by atoms with Crippen LogP contribution in [0, 0.1) is 0 Å². The molecule has 0 aromatic rings. The Balaban J connectivity index is 4.79. The highest BCUT2D eigenvalue weighted by Crippen LogP contribution is 2.16. The monoisotopic (exact) mass is 802 g/mol. The van der Waals surface area contributed by atoms with Crippen LogP contribution in [-0.4, -0.2) is 46.9 Å². The van der Waals surface area contributed by atoms with Crippen LogP contribution in [0.4, 0.5) is 0 Å². The van der Waals surface area contributed by atoms with Crippen LogP contribution in [0.2, 0.25) is 0 Å². The molecule has 0 rings (SSSR count). The van der Waals surface area contributed by atoms with Crippen LogP contribution in [-0.2, 0) is 14.3 Å². The predicted molar refractivity (Wildman–Crippen MR) is 250 cm³/mol. The van der Waals surface area contributed by atoms with Crippen molar-refractivity contribution in [1.82, 2.24) is 5.32 Å². The van der Waals surface area contributed by atoms with E-state index in [1.165, 1.54) is 51.4 Å². The maximum Gasteiger partial charge on any atom is 0.306 e. The van der Waals surface area contributed by atoms with Crippen molar-refractivity contribution in [1.29, 1.82) is 0 Å². The Morgan fingerprint density at radius 1 is 0.517 bits per heavy atom. The molecule has 0 fully saturated rings. The molecule has 326 valence electrons. The minimum atomic E-state index is -0.819. The predicted octanol–water partition coefficient (Wildman–Crippen LogP) is 13.3. The van der Waals surface area contributed by atoms with Gasteiger partial charge in [0.2, 0.25) is 5.91 Å². The topological polar surface area (TPSA) is 95.9 Å². The summed E-state index contributed by atoms with van der Waals surface area (Å²) in [6.07, 6.45) is 61.2. The summed E-state index contributed by atoms with van der Waals surface area (Å²) in [5.41, 5.74) is 0. The van der Waals surface area contributed by atoms with Crippen molar-refractivity contribution in [3.8, 4) is 0 Å². The van der Waals surface area contributed by atoms with E-state index >= 15 is 0 Å². The van der Waals surface area contributed by atoms with E-state index in [9.17, 15) is 19.8 Å². The summed E-state index contributed by atoms with van der Waals surface area (Å²) in [6, 6.07) is -0.739. The molecule has 0 heterocycles. The lowest BCUT2D eigenvalue weighted by molar-refractivity contribution is -0.151. The van der Waals surface area contributed by atoms with Crippen LogP contribution >= 0.6 is 0 Å². The molecular weight excluding hydrogens is 719 g/mol. The van der Waals surface area contributed by atoms with E-state index in [0.717, 1.165) is 70.6 Å². The van der Waals surface area contributed by atoms with Crippen LogP contribution < -0.4 is 5.32 Å². The van der Waals surface area contributed by atoms with E-state index in [1.807, 2.05) is 97.2 Å². The second-order valence-corrected chi connectivity index (χ2v) is 14.9. The molecule has 0 aromatic carbocycles. The Morgan fingerprint density at radius 3 is 1.43 bits per heavy atom. The summed E-state index contributed by atoms with van der Waals surface area (Å²) in [4.78, 5) is 26.0. The van der Waals surface area contributed by atoms with Crippen LogP contribution in [0.1, 0.15) is 168 Å². The minimum Gasteiger partial charge on any atom is -0.462 e. The summed E-state index contributed by atoms with van der Waals surface area (Å²) in [6.45, 7) is 6.12. The van der Waals surface area contributed by atoms with Gasteiger partial charge in [-0.3, -0.25) is 9.59 Å². The van der Waals surface area contributed by atoms with E-state index < -0.39 is 18.2 Å². The number of amides is 1. The fourth-order valence-corrected chi connectivity index (χ4v) is 6.12. The maximum atomic E-state index is 13.1. The molecule has 1 amide bonds. The van der Waals surface area contributed by atoms with Crippen LogP contribution in [0.25, 0.3) is 0 Å². The third-order valence-corrected chi connectivity index (χ3v) is 9.54. The summed E-state index contributed by atoms with van der Waals surface area (Å²) in [5, 5.41) is 23.6. The number of aliphatic hydroxyl groups excluding tert-OH is 2. The van der Waals surface area contributed by atoms with Crippen LogP contribution in [0.5, 0.6) is 0 Å². The molecule has 3 N–H and O–H groups in total. The molecule has 0 saturated carbocycles. The molecule has 6 nitrogen and oxygen atoms in total. The molecule has 0 aliphatic heterocycles. The van der Waals surface area contributed by atoms with Gasteiger partial charge in [-0.05, 0) is 57.8 Å². The van der Waals surface area contributed by atoms with Crippen molar-refractivity contribution in [3.63, 3.8) is 0 Å². The number of hydrogen-bond donors (Lipinski definition) is 3. The number of rotatable bonds is 38. The number of esters is 1. The van der Waals surface area contributed by atoms with E-state index in [4.69, 9.17) is 4.74 Å². The lowest BCUT2D eigenvalue weighted by atomic mass is 10.0. The van der Waals surface area contributed by atoms with Gasteiger partial charge in [-0.15, -0.1) is 0 Å². The van der Waals surface area contributed by atoms with Gasteiger partial charge in [-0.25, -0.2) is 0 Å².